The predicted molar refractivity (Wildman–Crippen MR) is 99.3 cm³/mol. The van der Waals surface area contributed by atoms with E-state index in [0.29, 0.717) is 5.96 Å². The van der Waals surface area contributed by atoms with Crippen molar-refractivity contribution >= 4 is 35.8 Å². The van der Waals surface area contributed by atoms with Crippen molar-refractivity contribution in [3.8, 4) is 0 Å². The Hall–Kier alpha value is -0.530. The molecule has 0 saturated heterocycles. The van der Waals surface area contributed by atoms with Crippen LogP contribution in [0.3, 0.4) is 0 Å². The van der Waals surface area contributed by atoms with Gasteiger partial charge < -0.3 is 16.0 Å². The van der Waals surface area contributed by atoms with Crippen molar-refractivity contribution in [2.45, 2.75) is 51.9 Å². The van der Waals surface area contributed by atoms with E-state index in [1.807, 2.05) is 6.92 Å². The van der Waals surface area contributed by atoms with Gasteiger partial charge in [-0.05, 0) is 25.2 Å². The number of amides is 1. The van der Waals surface area contributed by atoms with Gasteiger partial charge in [0.05, 0.1) is 6.54 Å². The van der Waals surface area contributed by atoms with E-state index in [9.17, 15) is 4.79 Å². The van der Waals surface area contributed by atoms with E-state index in [4.69, 9.17) is 0 Å². The Morgan fingerprint density at radius 1 is 1.14 bits per heavy atom. The summed E-state index contributed by atoms with van der Waals surface area (Å²) in [6, 6.07) is 0. The molecule has 0 aromatic carbocycles. The zero-order chi connectivity index (χ0) is 14.6. The Bertz CT molecular complexity index is 304. The number of aliphatic imine (C=N–C) groups is 1. The summed E-state index contributed by atoms with van der Waals surface area (Å²) in [5.74, 6) is 1.66. The summed E-state index contributed by atoms with van der Waals surface area (Å²) >= 11 is 0. The maximum atomic E-state index is 11.5. The molecule has 0 heterocycles. The van der Waals surface area contributed by atoms with Gasteiger partial charge in [0.25, 0.3) is 0 Å². The van der Waals surface area contributed by atoms with Crippen molar-refractivity contribution in [1.82, 2.24) is 16.0 Å². The van der Waals surface area contributed by atoms with Gasteiger partial charge in [-0.15, -0.1) is 24.0 Å². The van der Waals surface area contributed by atoms with Gasteiger partial charge in [-0.2, -0.15) is 0 Å². The third kappa shape index (κ3) is 9.92. The van der Waals surface area contributed by atoms with Crippen LogP contribution in [0, 0.1) is 5.92 Å². The van der Waals surface area contributed by atoms with Crippen LogP contribution < -0.4 is 16.0 Å². The predicted octanol–water partition coefficient (Wildman–Crippen LogP) is 2.27. The molecular weight excluding hydrogens is 379 g/mol. The maximum Gasteiger partial charge on any atom is 0.239 e. The second kappa shape index (κ2) is 13.2. The van der Waals surface area contributed by atoms with Gasteiger partial charge in [0.1, 0.15) is 0 Å². The largest absolute Gasteiger partial charge is 0.356 e. The average molecular weight is 410 g/mol. The van der Waals surface area contributed by atoms with Crippen LogP contribution >= 0.6 is 24.0 Å². The smallest absolute Gasteiger partial charge is 0.239 e. The molecule has 0 aromatic rings. The van der Waals surface area contributed by atoms with Crippen LogP contribution in [0.15, 0.2) is 4.99 Å². The molecule has 3 N–H and O–H groups in total. The summed E-state index contributed by atoms with van der Waals surface area (Å²) in [6.45, 7) is 3.97. The molecule has 1 rings (SSSR count). The summed E-state index contributed by atoms with van der Waals surface area (Å²) in [4.78, 5) is 15.6. The summed E-state index contributed by atoms with van der Waals surface area (Å²) < 4.78 is 0. The summed E-state index contributed by atoms with van der Waals surface area (Å²) in [5, 5.41) is 9.13. The van der Waals surface area contributed by atoms with Gasteiger partial charge >= 0.3 is 0 Å². The summed E-state index contributed by atoms with van der Waals surface area (Å²) in [6.07, 6.45) is 9.08. The fourth-order valence-corrected chi connectivity index (χ4v) is 2.61. The number of halogens is 1. The van der Waals surface area contributed by atoms with Crippen molar-refractivity contribution in [2.75, 3.05) is 26.7 Å². The van der Waals surface area contributed by atoms with E-state index in [0.717, 1.165) is 25.4 Å². The van der Waals surface area contributed by atoms with E-state index in [1.165, 1.54) is 38.5 Å². The van der Waals surface area contributed by atoms with Gasteiger partial charge in [-0.25, -0.2) is 0 Å². The molecule has 1 amide bonds. The zero-order valence-corrected chi connectivity index (χ0v) is 15.7. The molecule has 1 aliphatic carbocycles. The van der Waals surface area contributed by atoms with Crippen molar-refractivity contribution in [3.63, 3.8) is 0 Å². The molecule has 0 bridgehead atoms. The average Bonchev–Trinajstić information content (AvgIpc) is 2.97. The molecular formula is C15H31IN4O. The standard InChI is InChI=1S/C15H30N4O.HI/c1-3-10-17-14(20)12-19-15(16-2)18-11-6-9-13-7-4-5-8-13;/h13H,3-12H2,1-2H3,(H,17,20)(H2,16,18,19);1H. The van der Waals surface area contributed by atoms with Crippen molar-refractivity contribution in [3.05, 3.63) is 0 Å². The van der Waals surface area contributed by atoms with Gasteiger partial charge in [0.15, 0.2) is 5.96 Å². The number of hydrogen-bond acceptors (Lipinski definition) is 2. The Morgan fingerprint density at radius 3 is 2.48 bits per heavy atom. The first kappa shape index (κ1) is 20.5. The third-order valence-corrected chi connectivity index (χ3v) is 3.77. The van der Waals surface area contributed by atoms with Crippen LogP contribution in [0.25, 0.3) is 0 Å². The van der Waals surface area contributed by atoms with Gasteiger partial charge in [-0.3, -0.25) is 9.79 Å². The number of hydrogen-bond donors (Lipinski definition) is 3. The zero-order valence-electron chi connectivity index (χ0n) is 13.4. The molecule has 0 radical (unpaired) electrons. The molecule has 0 atom stereocenters. The maximum absolute atomic E-state index is 11.5. The second-order valence-electron chi connectivity index (χ2n) is 5.50. The lowest BCUT2D eigenvalue weighted by molar-refractivity contribution is -0.120. The third-order valence-electron chi connectivity index (χ3n) is 3.77. The lowest BCUT2D eigenvalue weighted by atomic mass is 10.0. The SMILES string of the molecule is CCCNC(=O)CNC(=NC)NCCCC1CCCC1.I. The first-order valence-electron chi connectivity index (χ1n) is 7.97. The van der Waals surface area contributed by atoms with Gasteiger partial charge in [0, 0.05) is 20.1 Å². The minimum atomic E-state index is 0. The highest BCUT2D eigenvalue weighted by Crippen LogP contribution is 2.28. The fraction of sp³-hybridized carbons (Fsp3) is 0.867. The Morgan fingerprint density at radius 2 is 1.86 bits per heavy atom. The Labute approximate surface area is 146 Å². The second-order valence-corrected chi connectivity index (χ2v) is 5.50. The first-order chi connectivity index (χ1) is 9.76. The van der Waals surface area contributed by atoms with Gasteiger partial charge in [-0.1, -0.05) is 32.6 Å². The number of nitrogens with one attached hydrogen (secondary N) is 3. The Balaban J connectivity index is 0.00000400. The summed E-state index contributed by atoms with van der Waals surface area (Å²) in [7, 11) is 1.73. The molecule has 0 aromatic heterocycles. The number of carbonyl (C=O) groups is 1. The number of guanidine groups is 1. The highest BCUT2D eigenvalue weighted by molar-refractivity contribution is 14.0. The van der Waals surface area contributed by atoms with Crippen LogP contribution in [0.4, 0.5) is 0 Å². The molecule has 21 heavy (non-hydrogen) atoms. The molecule has 0 aliphatic heterocycles. The van der Waals surface area contributed by atoms with Crippen LogP contribution in [0.1, 0.15) is 51.9 Å². The van der Waals surface area contributed by atoms with Crippen LogP contribution in [0.5, 0.6) is 0 Å². The molecule has 1 saturated carbocycles. The molecule has 124 valence electrons. The molecule has 5 nitrogen and oxygen atoms in total. The molecule has 0 unspecified atom stereocenters. The quantitative estimate of drug-likeness (QED) is 0.249. The minimum absolute atomic E-state index is 0. The highest BCUT2D eigenvalue weighted by Gasteiger charge is 2.14. The van der Waals surface area contributed by atoms with Crippen molar-refractivity contribution < 1.29 is 4.79 Å². The van der Waals surface area contributed by atoms with E-state index < -0.39 is 0 Å². The van der Waals surface area contributed by atoms with E-state index in [2.05, 4.69) is 20.9 Å². The van der Waals surface area contributed by atoms with E-state index >= 15 is 0 Å². The van der Waals surface area contributed by atoms with Crippen molar-refractivity contribution in [2.24, 2.45) is 10.9 Å². The molecule has 0 spiro atoms. The Kier molecular flexibility index (Phi) is 12.8. The van der Waals surface area contributed by atoms with Crippen molar-refractivity contribution in [1.29, 1.82) is 0 Å². The fourth-order valence-electron chi connectivity index (χ4n) is 2.61. The first-order valence-corrected chi connectivity index (χ1v) is 7.97. The van der Waals surface area contributed by atoms with E-state index in [1.54, 1.807) is 7.05 Å². The topological polar surface area (TPSA) is 65.5 Å². The molecule has 1 fully saturated rings. The lowest BCUT2D eigenvalue weighted by Crippen LogP contribution is -2.43. The number of nitrogens with zero attached hydrogens (tertiary/aromatic N) is 1. The normalized spacial score (nSPS) is 15.4. The van der Waals surface area contributed by atoms with E-state index in [-0.39, 0.29) is 36.4 Å². The highest BCUT2D eigenvalue weighted by atomic mass is 127. The minimum Gasteiger partial charge on any atom is -0.356 e. The monoisotopic (exact) mass is 410 g/mol. The van der Waals surface area contributed by atoms with Gasteiger partial charge in [0.2, 0.25) is 5.91 Å². The number of rotatable bonds is 8. The summed E-state index contributed by atoms with van der Waals surface area (Å²) in [5.41, 5.74) is 0. The van der Waals surface area contributed by atoms with Crippen LogP contribution in [-0.2, 0) is 4.79 Å². The molecule has 1 aliphatic rings. The van der Waals surface area contributed by atoms with Crippen LogP contribution in [-0.4, -0.2) is 38.5 Å². The molecule has 6 heteroatoms. The lowest BCUT2D eigenvalue weighted by Gasteiger charge is -2.13. The van der Waals surface area contributed by atoms with Crippen LogP contribution in [0.2, 0.25) is 0 Å². The number of carbonyl (C=O) groups excluding carboxylic acids is 1.